The number of nitrogens with one attached hydrogen (secondary N) is 2. The van der Waals surface area contributed by atoms with E-state index in [0.29, 0.717) is 6.04 Å². The van der Waals surface area contributed by atoms with Crippen LogP contribution >= 0.6 is 11.3 Å². The second kappa shape index (κ2) is 6.90. The Morgan fingerprint density at radius 1 is 1.44 bits per heavy atom. The molecule has 0 aromatic carbocycles. The molecule has 1 saturated carbocycles. The predicted molar refractivity (Wildman–Crippen MR) is 75.6 cm³/mol. The number of thiophene rings is 1. The Balaban J connectivity index is 1.70. The van der Waals surface area contributed by atoms with Crippen molar-refractivity contribution in [1.82, 2.24) is 10.6 Å². The fourth-order valence-corrected chi connectivity index (χ4v) is 2.99. The molecule has 3 nitrogen and oxygen atoms in total. The molecule has 100 valence electrons. The average Bonchev–Trinajstić information content (AvgIpc) is 2.90. The van der Waals surface area contributed by atoms with Crippen LogP contribution in [-0.2, 0) is 11.3 Å². The first kappa shape index (κ1) is 13.6. The van der Waals surface area contributed by atoms with Gasteiger partial charge in [0.15, 0.2) is 0 Å². The van der Waals surface area contributed by atoms with Crippen LogP contribution in [0.3, 0.4) is 0 Å². The van der Waals surface area contributed by atoms with Gasteiger partial charge in [0.1, 0.15) is 0 Å². The summed E-state index contributed by atoms with van der Waals surface area (Å²) < 4.78 is 0. The lowest BCUT2D eigenvalue weighted by atomic mass is 9.95. The molecule has 0 aliphatic heterocycles. The first-order valence-electron chi connectivity index (χ1n) is 6.82. The first-order chi connectivity index (χ1) is 8.75. The summed E-state index contributed by atoms with van der Waals surface area (Å²) in [4.78, 5) is 13.3. The molecule has 2 rings (SSSR count). The summed E-state index contributed by atoms with van der Waals surface area (Å²) in [5, 5.41) is 8.48. The van der Waals surface area contributed by atoms with Gasteiger partial charge in [-0.25, -0.2) is 0 Å². The molecule has 1 aromatic heterocycles. The summed E-state index contributed by atoms with van der Waals surface area (Å²) in [7, 11) is 0. The highest BCUT2D eigenvalue weighted by atomic mass is 32.1. The quantitative estimate of drug-likeness (QED) is 0.860. The minimum Gasteiger partial charge on any atom is -0.352 e. The van der Waals surface area contributed by atoms with Crippen LogP contribution in [0, 0.1) is 0 Å². The summed E-state index contributed by atoms with van der Waals surface area (Å²) >= 11 is 1.72. The molecule has 1 aromatic rings. The van der Waals surface area contributed by atoms with Crippen LogP contribution in [0.1, 0.15) is 43.9 Å². The van der Waals surface area contributed by atoms with E-state index in [-0.39, 0.29) is 11.9 Å². The Bertz CT molecular complexity index is 358. The molecule has 0 radical (unpaired) electrons. The third-order valence-corrected chi connectivity index (χ3v) is 4.38. The molecule has 1 aliphatic carbocycles. The molecule has 18 heavy (non-hydrogen) atoms. The van der Waals surface area contributed by atoms with Crippen molar-refractivity contribution in [3.05, 3.63) is 22.4 Å². The Hall–Kier alpha value is -0.870. The topological polar surface area (TPSA) is 41.1 Å². The van der Waals surface area contributed by atoms with Gasteiger partial charge >= 0.3 is 0 Å². The van der Waals surface area contributed by atoms with Gasteiger partial charge in [0.05, 0.1) is 6.04 Å². The second-order valence-corrected chi connectivity index (χ2v) is 6.06. The van der Waals surface area contributed by atoms with Gasteiger partial charge < -0.3 is 10.6 Å². The van der Waals surface area contributed by atoms with Crippen molar-refractivity contribution < 1.29 is 4.79 Å². The van der Waals surface area contributed by atoms with Crippen LogP contribution in [0.2, 0.25) is 0 Å². The maximum atomic E-state index is 12.0. The average molecular weight is 266 g/mol. The van der Waals surface area contributed by atoms with Crippen LogP contribution in [0.15, 0.2) is 17.5 Å². The van der Waals surface area contributed by atoms with E-state index < -0.39 is 0 Å². The molecule has 2 N–H and O–H groups in total. The SMILES string of the molecule is C[C@@H](NCc1cccs1)C(=O)NC1CCCCC1. The molecule has 1 amide bonds. The monoisotopic (exact) mass is 266 g/mol. The van der Waals surface area contributed by atoms with Crippen molar-refractivity contribution >= 4 is 17.2 Å². The van der Waals surface area contributed by atoms with E-state index in [2.05, 4.69) is 22.1 Å². The van der Waals surface area contributed by atoms with E-state index in [1.807, 2.05) is 13.0 Å². The van der Waals surface area contributed by atoms with E-state index in [9.17, 15) is 4.79 Å². The number of hydrogen-bond acceptors (Lipinski definition) is 3. The van der Waals surface area contributed by atoms with E-state index in [4.69, 9.17) is 0 Å². The number of carbonyl (C=O) groups excluding carboxylic acids is 1. The lowest BCUT2D eigenvalue weighted by Gasteiger charge is -2.24. The fraction of sp³-hybridized carbons (Fsp3) is 0.643. The summed E-state index contributed by atoms with van der Waals surface area (Å²) in [5.41, 5.74) is 0. The van der Waals surface area contributed by atoms with Gasteiger partial charge in [0.25, 0.3) is 0 Å². The standard InChI is InChI=1S/C14H22N2OS/c1-11(15-10-13-8-5-9-18-13)14(17)16-12-6-3-2-4-7-12/h5,8-9,11-12,15H,2-4,6-7,10H2,1H3,(H,16,17)/t11-/m1/s1. The molecular formula is C14H22N2OS. The van der Waals surface area contributed by atoms with E-state index in [0.717, 1.165) is 19.4 Å². The number of hydrogen-bond donors (Lipinski definition) is 2. The van der Waals surface area contributed by atoms with Crippen LogP contribution < -0.4 is 10.6 Å². The fourth-order valence-electron chi connectivity index (χ4n) is 2.33. The van der Waals surface area contributed by atoms with Crippen LogP contribution in [-0.4, -0.2) is 18.0 Å². The number of amides is 1. The lowest BCUT2D eigenvalue weighted by Crippen LogP contribution is -2.46. The largest absolute Gasteiger partial charge is 0.352 e. The number of carbonyl (C=O) groups is 1. The molecule has 0 saturated heterocycles. The Kier molecular flexibility index (Phi) is 5.20. The highest BCUT2D eigenvalue weighted by Crippen LogP contribution is 2.17. The number of rotatable bonds is 5. The van der Waals surface area contributed by atoms with E-state index in [1.54, 1.807) is 11.3 Å². The van der Waals surface area contributed by atoms with Crippen molar-refractivity contribution in [3.63, 3.8) is 0 Å². The van der Waals surface area contributed by atoms with Gasteiger partial charge in [0.2, 0.25) is 5.91 Å². The summed E-state index contributed by atoms with van der Waals surface area (Å²) in [6.45, 7) is 2.71. The Morgan fingerprint density at radius 2 is 2.22 bits per heavy atom. The van der Waals surface area contributed by atoms with Crippen molar-refractivity contribution in [2.75, 3.05) is 0 Å². The Labute approximate surface area is 113 Å². The van der Waals surface area contributed by atoms with Gasteiger partial charge in [0, 0.05) is 17.5 Å². The van der Waals surface area contributed by atoms with Gasteiger partial charge in [-0.05, 0) is 31.2 Å². The zero-order chi connectivity index (χ0) is 12.8. The minimum atomic E-state index is -0.117. The van der Waals surface area contributed by atoms with Gasteiger partial charge in [-0.2, -0.15) is 0 Å². The highest BCUT2D eigenvalue weighted by molar-refractivity contribution is 7.09. The smallest absolute Gasteiger partial charge is 0.237 e. The maximum Gasteiger partial charge on any atom is 0.237 e. The molecule has 0 bridgehead atoms. The Morgan fingerprint density at radius 3 is 2.89 bits per heavy atom. The van der Waals surface area contributed by atoms with Gasteiger partial charge in [-0.3, -0.25) is 4.79 Å². The van der Waals surface area contributed by atoms with E-state index >= 15 is 0 Å². The second-order valence-electron chi connectivity index (χ2n) is 5.03. The summed E-state index contributed by atoms with van der Waals surface area (Å²) in [6.07, 6.45) is 6.11. The highest BCUT2D eigenvalue weighted by Gasteiger charge is 2.19. The van der Waals surface area contributed by atoms with Crippen molar-refractivity contribution in [1.29, 1.82) is 0 Å². The molecule has 1 heterocycles. The molecule has 0 spiro atoms. The minimum absolute atomic E-state index is 0.117. The first-order valence-corrected chi connectivity index (χ1v) is 7.70. The van der Waals surface area contributed by atoms with Crippen LogP contribution in [0.25, 0.3) is 0 Å². The molecular weight excluding hydrogens is 244 g/mol. The third kappa shape index (κ3) is 4.10. The predicted octanol–water partition coefficient (Wildman–Crippen LogP) is 2.68. The molecule has 1 atom stereocenters. The molecule has 1 fully saturated rings. The zero-order valence-corrected chi connectivity index (χ0v) is 11.8. The van der Waals surface area contributed by atoms with Gasteiger partial charge in [-0.1, -0.05) is 25.3 Å². The molecule has 1 aliphatic rings. The van der Waals surface area contributed by atoms with E-state index in [1.165, 1.54) is 24.1 Å². The maximum absolute atomic E-state index is 12.0. The third-order valence-electron chi connectivity index (χ3n) is 3.51. The van der Waals surface area contributed by atoms with Crippen molar-refractivity contribution in [2.45, 2.75) is 57.7 Å². The molecule has 0 unspecified atom stereocenters. The van der Waals surface area contributed by atoms with Crippen LogP contribution in [0.5, 0.6) is 0 Å². The van der Waals surface area contributed by atoms with Crippen molar-refractivity contribution in [3.8, 4) is 0 Å². The van der Waals surface area contributed by atoms with Gasteiger partial charge in [-0.15, -0.1) is 11.3 Å². The summed E-state index contributed by atoms with van der Waals surface area (Å²) in [6, 6.07) is 4.41. The summed E-state index contributed by atoms with van der Waals surface area (Å²) in [5.74, 6) is 0.137. The van der Waals surface area contributed by atoms with Crippen molar-refractivity contribution in [2.24, 2.45) is 0 Å². The molecule has 4 heteroatoms. The lowest BCUT2D eigenvalue weighted by molar-refractivity contribution is -0.123. The zero-order valence-electron chi connectivity index (χ0n) is 10.9. The van der Waals surface area contributed by atoms with Crippen LogP contribution in [0.4, 0.5) is 0 Å². The normalized spacial score (nSPS) is 18.5.